The molecule has 1 N–H and O–H groups in total. The minimum atomic E-state index is -0.740. The number of benzene rings is 1. The van der Waals surface area contributed by atoms with E-state index in [4.69, 9.17) is 5.26 Å². The normalized spacial score (nSPS) is 11.8. The molecule has 0 bridgehead atoms. The first-order valence-corrected chi connectivity index (χ1v) is 6.91. The van der Waals surface area contributed by atoms with Crippen molar-refractivity contribution in [2.24, 2.45) is 0 Å². The molecule has 0 saturated carbocycles. The fourth-order valence-electron chi connectivity index (χ4n) is 1.40. The Morgan fingerprint density at radius 1 is 1.50 bits per heavy atom. The summed E-state index contributed by atoms with van der Waals surface area (Å²) < 4.78 is 10.9. The smallest absolute Gasteiger partial charge is 0.101 e. The molecule has 0 aliphatic carbocycles. The largest absolute Gasteiger partial charge is 0.384 e. The van der Waals surface area contributed by atoms with Gasteiger partial charge < -0.3 is 5.32 Å². The van der Waals surface area contributed by atoms with Crippen LogP contribution in [0.15, 0.2) is 18.2 Å². The van der Waals surface area contributed by atoms with Crippen LogP contribution in [0.2, 0.25) is 0 Å². The van der Waals surface area contributed by atoms with Crippen molar-refractivity contribution in [1.82, 2.24) is 0 Å². The van der Waals surface area contributed by atoms with Gasteiger partial charge in [0.25, 0.3) is 0 Å². The molecule has 1 rings (SSSR count). The average molecular weight is 236 g/mol. The Morgan fingerprint density at radius 2 is 2.25 bits per heavy atom. The Morgan fingerprint density at radius 3 is 2.88 bits per heavy atom. The lowest BCUT2D eigenvalue weighted by Gasteiger charge is -2.08. The summed E-state index contributed by atoms with van der Waals surface area (Å²) >= 11 is 0. The van der Waals surface area contributed by atoms with Crippen LogP contribution in [0.5, 0.6) is 0 Å². The quantitative estimate of drug-likeness (QED) is 0.796. The van der Waals surface area contributed by atoms with Crippen LogP contribution in [0.4, 0.5) is 5.69 Å². The predicted octanol–water partition coefficient (Wildman–Crippen LogP) is 2.05. The Bertz CT molecular complexity index is 424. The zero-order chi connectivity index (χ0) is 12.0. The van der Waals surface area contributed by atoms with E-state index in [0.29, 0.717) is 11.3 Å². The molecule has 0 aliphatic rings. The van der Waals surface area contributed by atoms with Gasteiger partial charge in [0.15, 0.2) is 0 Å². The highest BCUT2D eigenvalue weighted by atomic mass is 32.2. The highest BCUT2D eigenvalue weighted by Crippen LogP contribution is 2.16. The molecule has 0 radical (unpaired) electrons. The molecule has 0 aliphatic heterocycles. The molecule has 16 heavy (non-hydrogen) atoms. The van der Waals surface area contributed by atoms with Crippen LogP contribution in [0.3, 0.4) is 0 Å². The molecule has 1 aromatic rings. The first-order chi connectivity index (χ1) is 7.63. The number of nitriles is 1. The lowest BCUT2D eigenvalue weighted by Crippen LogP contribution is -2.07. The van der Waals surface area contributed by atoms with Crippen LogP contribution in [0.25, 0.3) is 0 Å². The van der Waals surface area contributed by atoms with Gasteiger partial charge in [0, 0.05) is 29.4 Å². The van der Waals surface area contributed by atoms with E-state index in [0.717, 1.165) is 24.2 Å². The van der Waals surface area contributed by atoms with E-state index in [1.165, 1.54) is 0 Å². The van der Waals surface area contributed by atoms with Gasteiger partial charge in [-0.25, -0.2) is 0 Å². The van der Waals surface area contributed by atoms with E-state index in [9.17, 15) is 4.21 Å². The van der Waals surface area contributed by atoms with Crippen LogP contribution in [-0.4, -0.2) is 22.8 Å². The van der Waals surface area contributed by atoms with Gasteiger partial charge in [0.05, 0.1) is 11.3 Å². The molecule has 86 valence electrons. The van der Waals surface area contributed by atoms with Crippen molar-refractivity contribution in [2.45, 2.75) is 13.3 Å². The third kappa shape index (κ3) is 4.03. The van der Waals surface area contributed by atoms with Gasteiger partial charge in [-0.05, 0) is 31.0 Å². The van der Waals surface area contributed by atoms with Gasteiger partial charge >= 0.3 is 0 Å². The first kappa shape index (κ1) is 12.7. The maximum Gasteiger partial charge on any atom is 0.101 e. The van der Waals surface area contributed by atoms with Gasteiger partial charge in [-0.15, -0.1) is 0 Å². The van der Waals surface area contributed by atoms with E-state index >= 15 is 0 Å². The molecule has 0 amide bonds. The lowest BCUT2D eigenvalue weighted by atomic mass is 10.1. The predicted molar refractivity (Wildman–Crippen MR) is 67.9 cm³/mol. The molecule has 1 aromatic carbocycles. The summed E-state index contributed by atoms with van der Waals surface area (Å²) in [6.07, 6.45) is 2.55. The fourth-order valence-corrected chi connectivity index (χ4v) is 1.95. The summed E-state index contributed by atoms with van der Waals surface area (Å²) in [5, 5.41) is 12.1. The van der Waals surface area contributed by atoms with Crippen molar-refractivity contribution in [3.8, 4) is 6.07 Å². The third-order valence-corrected chi connectivity index (χ3v) is 3.08. The van der Waals surface area contributed by atoms with Crippen LogP contribution in [0.1, 0.15) is 17.5 Å². The summed E-state index contributed by atoms with van der Waals surface area (Å²) in [5.74, 6) is 0.695. The highest BCUT2D eigenvalue weighted by molar-refractivity contribution is 7.84. The fraction of sp³-hybridized carbons (Fsp3) is 0.417. The van der Waals surface area contributed by atoms with E-state index in [1.54, 1.807) is 6.26 Å². The van der Waals surface area contributed by atoms with E-state index in [-0.39, 0.29) is 0 Å². The van der Waals surface area contributed by atoms with Crippen molar-refractivity contribution in [3.05, 3.63) is 29.3 Å². The molecule has 0 saturated heterocycles. The molecule has 4 heteroatoms. The summed E-state index contributed by atoms with van der Waals surface area (Å²) in [4.78, 5) is 0. The maximum atomic E-state index is 10.9. The van der Waals surface area contributed by atoms with Gasteiger partial charge in [-0.1, -0.05) is 6.07 Å². The Balaban J connectivity index is 2.56. The van der Waals surface area contributed by atoms with Crippen molar-refractivity contribution < 1.29 is 4.21 Å². The van der Waals surface area contributed by atoms with E-state index in [2.05, 4.69) is 11.4 Å². The summed E-state index contributed by atoms with van der Waals surface area (Å²) in [7, 11) is -0.740. The Labute approximate surface area is 98.9 Å². The molecule has 0 spiro atoms. The standard InChI is InChI=1S/C12H16N2OS/c1-10-4-5-11(9-13)12(8-10)14-6-3-7-16(2)15/h4-5,8,14H,3,6-7H2,1-2H3. The number of anilines is 1. The zero-order valence-corrected chi connectivity index (χ0v) is 10.4. The molecular formula is C12H16N2OS. The van der Waals surface area contributed by atoms with Gasteiger partial charge in [-0.2, -0.15) is 5.26 Å². The number of rotatable bonds is 5. The summed E-state index contributed by atoms with van der Waals surface area (Å²) in [6.45, 7) is 2.74. The van der Waals surface area contributed by atoms with Crippen LogP contribution < -0.4 is 5.32 Å². The number of hydrogen-bond donors (Lipinski definition) is 1. The van der Waals surface area contributed by atoms with Crippen molar-refractivity contribution in [1.29, 1.82) is 5.26 Å². The number of hydrogen-bond acceptors (Lipinski definition) is 3. The Hall–Kier alpha value is -1.34. The van der Waals surface area contributed by atoms with Crippen LogP contribution in [0, 0.1) is 18.3 Å². The molecule has 1 atom stereocenters. The van der Waals surface area contributed by atoms with Gasteiger partial charge in [-0.3, -0.25) is 4.21 Å². The molecule has 0 aromatic heterocycles. The molecule has 0 heterocycles. The molecule has 1 unspecified atom stereocenters. The second-order valence-electron chi connectivity index (χ2n) is 3.72. The zero-order valence-electron chi connectivity index (χ0n) is 9.62. The first-order valence-electron chi connectivity index (χ1n) is 5.18. The minimum absolute atomic E-state index is 0.656. The summed E-state index contributed by atoms with van der Waals surface area (Å²) in [5.41, 5.74) is 2.65. The second kappa shape index (κ2) is 6.29. The van der Waals surface area contributed by atoms with Crippen LogP contribution >= 0.6 is 0 Å². The van der Waals surface area contributed by atoms with Crippen molar-refractivity contribution in [2.75, 3.05) is 23.9 Å². The molecule has 0 fully saturated rings. The van der Waals surface area contributed by atoms with Gasteiger partial charge in [0.1, 0.15) is 6.07 Å². The minimum Gasteiger partial charge on any atom is -0.384 e. The van der Waals surface area contributed by atoms with E-state index < -0.39 is 10.8 Å². The number of nitrogens with zero attached hydrogens (tertiary/aromatic N) is 1. The summed E-state index contributed by atoms with van der Waals surface area (Å²) in [6, 6.07) is 7.85. The Kier molecular flexibility index (Phi) is 5.00. The highest BCUT2D eigenvalue weighted by Gasteiger charge is 2.01. The third-order valence-electron chi connectivity index (χ3n) is 2.22. The molecular weight excluding hydrogens is 220 g/mol. The SMILES string of the molecule is Cc1ccc(C#N)c(NCCCS(C)=O)c1. The number of aryl methyl sites for hydroxylation is 1. The topological polar surface area (TPSA) is 52.9 Å². The van der Waals surface area contributed by atoms with Crippen molar-refractivity contribution >= 4 is 16.5 Å². The van der Waals surface area contributed by atoms with E-state index in [1.807, 2.05) is 25.1 Å². The second-order valence-corrected chi connectivity index (χ2v) is 5.27. The number of nitrogens with one attached hydrogen (secondary N) is 1. The maximum absolute atomic E-state index is 10.9. The monoisotopic (exact) mass is 236 g/mol. The van der Waals surface area contributed by atoms with Gasteiger partial charge in [0.2, 0.25) is 0 Å². The van der Waals surface area contributed by atoms with Crippen molar-refractivity contribution in [3.63, 3.8) is 0 Å². The lowest BCUT2D eigenvalue weighted by molar-refractivity contribution is 0.685. The van der Waals surface area contributed by atoms with Crippen LogP contribution in [-0.2, 0) is 10.8 Å². The average Bonchev–Trinajstić information content (AvgIpc) is 2.24. The molecule has 3 nitrogen and oxygen atoms in total.